The van der Waals surface area contributed by atoms with Gasteiger partial charge in [0.15, 0.2) is 0 Å². The van der Waals surface area contributed by atoms with Crippen LogP contribution in [0.15, 0.2) is 59.5 Å². The number of ether oxygens (including phenoxy) is 1. The van der Waals surface area contributed by atoms with Crippen LogP contribution < -0.4 is 10.5 Å². The summed E-state index contributed by atoms with van der Waals surface area (Å²) in [6, 6.07) is 15.0. The predicted molar refractivity (Wildman–Crippen MR) is 122 cm³/mol. The number of nitrogens with zero attached hydrogens (tertiary/aromatic N) is 4. The molecule has 3 aromatic heterocycles. The molecule has 0 fully saturated rings. The number of carbonyl (C=O) groups is 1. The first-order valence-electron chi connectivity index (χ1n) is 10.4. The number of hydrogen-bond acceptors (Lipinski definition) is 4. The summed E-state index contributed by atoms with van der Waals surface area (Å²) in [6.07, 6.45) is 2.41. The third kappa shape index (κ3) is 3.72. The number of aryl methyl sites for hydroxylation is 2. The number of aromatic nitrogens is 3. The summed E-state index contributed by atoms with van der Waals surface area (Å²) in [5, 5.41) is 0.438. The van der Waals surface area contributed by atoms with Gasteiger partial charge in [-0.05, 0) is 50.1 Å². The monoisotopic (exact) mass is 418 g/mol. The predicted octanol–water partition coefficient (Wildman–Crippen LogP) is 3.66. The lowest BCUT2D eigenvalue weighted by Gasteiger charge is -2.22. The highest BCUT2D eigenvalue weighted by molar-refractivity contribution is 6.07. The van der Waals surface area contributed by atoms with Gasteiger partial charge in [-0.25, -0.2) is 4.98 Å². The molecular formula is C24H26N4O3. The second kappa shape index (κ2) is 8.73. The highest BCUT2D eigenvalue weighted by Crippen LogP contribution is 2.22. The molecule has 0 bridgehead atoms. The van der Waals surface area contributed by atoms with Gasteiger partial charge in [0.05, 0.1) is 5.39 Å². The van der Waals surface area contributed by atoms with Crippen LogP contribution in [0.5, 0.6) is 0 Å². The molecule has 4 rings (SSSR count). The van der Waals surface area contributed by atoms with Crippen LogP contribution in [0.3, 0.4) is 0 Å². The standard InChI is InChI=1S/C24H26N4O3/c1-4-26(18-11-6-5-7-12-18)24(30)20-16-19-22(27(20)14-9-15-31-3)25-21-17(2)10-8-13-28(21)23(19)29/h5-8,10-13,16H,4,9,14-15H2,1-3H3. The van der Waals surface area contributed by atoms with E-state index < -0.39 is 0 Å². The molecule has 0 aliphatic heterocycles. The molecule has 31 heavy (non-hydrogen) atoms. The van der Waals surface area contributed by atoms with Gasteiger partial charge in [0.25, 0.3) is 11.5 Å². The minimum atomic E-state index is -0.175. The smallest absolute Gasteiger partial charge is 0.274 e. The topological polar surface area (TPSA) is 68.8 Å². The fourth-order valence-electron chi connectivity index (χ4n) is 3.92. The Labute approximate surface area is 180 Å². The zero-order chi connectivity index (χ0) is 22.0. The molecule has 0 unspecified atom stereocenters. The van der Waals surface area contributed by atoms with Crippen LogP contribution in [0.25, 0.3) is 16.7 Å². The molecule has 0 saturated heterocycles. The summed E-state index contributed by atoms with van der Waals surface area (Å²) in [6.45, 7) is 5.45. The van der Waals surface area contributed by atoms with E-state index in [4.69, 9.17) is 9.72 Å². The SMILES string of the molecule is CCN(C(=O)c1cc2c(=O)n3cccc(C)c3nc2n1CCCOC)c1ccccc1. The third-order valence-electron chi connectivity index (χ3n) is 5.47. The van der Waals surface area contributed by atoms with E-state index in [1.165, 1.54) is 0 Å². The molecule has 160 valence electrons. The number of anilines is 1. The van der Waals surface area contributed by atoms with Gasteiger partial charge in [0.2, 0.25) is 0 Å². The lowest BCUT2D eigenvalue weighted by Crippen LogP contribution is -2.32. The first-order valence-corrected chi connectivity index (χ1v) is 10.4. The number of amides is 1. The van der Waals surface area contributed by atoms with E-state index in [1.54, 1.807) is 28.7 Å². The van der Waals surface area contributed by atoms with E-state index in [2.05, 4.69) is 0 Å². The van der Waals surface area contributed by atoms with Crippen molar-refractivity contribution in [2.24, 2.45) is 0 Å². The second-order valence-electron chi connectivity index (χ2n) is 7.45. The van der Waals surface area contributed by atoms with E-state index in [0.717, 1.165) is 11.3 Å². The zero-order valence-electron chi connectivity index (χ0n) is 18.0. The van der Waals surface area contributed by atoms with Crippen molar-refractivity contribution < 1.29 is 9.53 Å². The summed E-state index contributed by atoms with van der Waals surface area (Å²) in [5.41, 5.74) is 3.12. The Morgan fingerprint density at radius 2 is 1.90 bits per heavy atom. The highest BCUT2D eigenvalue weighted by atomic mass is 16.5. The van der Waals surface area contributed by atoms with Crippen molar-refractivity contribution in [3.8, 4) is 0 Å². The normalized spacial score (nSPS) is 11.3. The van der Waals surface area contributed by atoms with Gasteiger partial charge in [-0.3, -0.25) is 14.0 Å². The quantitative estimate of drug-likeness (QED) is 0.430. The number of para-hydroxylation sites is 1. The first kappa shape index (κ1) is 20.8. The Morgan fingerprint density at radius 1 is 1.13 bits per heavy atom. The molecule has 1 aromatic carbocycles. The Morgan fingerprint density at radius 3 is 2.61 bits per heavy atom. The van der Waals surface area contributed by atoms with Crippen LogP contribution in [0.4, 0.5) is 5.69 Å². The summed E-state index contributed by atoms with van der Waals surface area (Å²) in [7, 11) is 1.65. The number of pyridine rings is 1. The number of methoxy groups -OCH3 is 1. The van der Waals surface area contributed by atoms with Crippen molar-refractivity contribution in [2.75, 3.05) is 25.2 Å². The van der Waals surface area contributed by atoms with Crippen LogP contribution in [0.1, 0.15) is 29.4 Å². The van der Waals surface area contributed by atoms with Gasteiger partial charge in [0.1, 0.15) is 17.0 Å². The van der Waals surface area contributed by atoms with Gasteiger partial charge >= 0.3 is 0 Å². The summed E-state index contributed by atoms with van der Waals surface area (Å²) in [4.78, 5) is 33.3. The van der Waals surface area contributed by atoms with Gasteiger partial charge in [0, 0.05) is 38.7 Å². The largest absolute Gasteiger partial charge is 0.385 e. The van der Waals surface area contributed by atoms with Gasteiger partial charge in [-0.2, -0.15) is 0 Å². The van der Waals surface area contributed by atoms with E-state index in [9.17, 15) is 9.59 Å². The summed E-state index contributed by atoms with van der Waals surface area (Å²) in [5.74, 6) is -0.158. The Balaban J connectivity index is 1.93. The number of rotatable bonds is 7. The number of carbonyl (C=O) groups excluding carboxylic acids is 1. The molecule has 0 atom stereocenters. The third-order valence-corrected chi connectivity index (χ3v) is 5.47. The lowest BCUT2D eigenvalue weighted by atomic mass is 10.2. The van der Waals surface area contributed by atoms with Crippen molar-refractivity contribution in [3.05, 3.63) is 76.3 Å². The molecule has 3 heterocycles. The van der Waals surface area contributed by atoms with Crippen molar-refractivity contribution in [1.82, 2.24) is 14.0 Å². The van der Waals surface area contributed by atoms with Crippen LogP contribution in [-0.2, 0) is 11.3 Å². The lowest BCUT2D eigenvalue weighted by molar-refractivity contribution is 0.0978. The fourth-order valence-corrected chi connectivity index (χ4v) is 3.92. The van der Waals surface area contributed by atoms with Crippen molar-refractivity contribution in [2.45, 2.75) is 26.8 Å². The molecule has 0 N–H and O–H groups in total. The van der Waals surface area contributed by atoms with E-state index in [1.807, 2.05) is 60.9 Å². The molecule has 0 aliphatic rings. The Hall–Kier alpha value is -3.45. The second-order valence-corrected chi connectivity index (χ2v) is 7.45. The van der Waals surface area contributed by atoms with Crippen LogP contribution in [0.2, 0.25) is 0 Å². The van der Waals surface area contributed by atoms with Crippen LogP contribution in [0, 0.1) is 6.92 Å². The number of fused-ring (bicyclic) bond motifs is 2. The minimum absolute atomic E-state index is 0.158. The van der Waals surface area contributed by atoms with E-state index >= 15 is 0 Å². The number of hydrogen-bond donors (Lipinski definition) is 0. The van der Waals surface area contributed by atoms with Crippen LogP contribution in [-0.4, -0.2) is 40.1 Å². The van der Waals surface area contributed by atoms with Gasteiger partial charge in [-0.1, -0.05) is 24.3 Å². The first-order chi connectivity index (χ1) is 15.1. The highest BCUT2D eigenvalue weighted by Gasteiger charge is 2.24. The fraction of sp³-hybridized carbons (Fsp3) is 0.292. The van der Waals surface area contributed by atoms with E-state index in [-0.39, 0.29) is 11.5 Å². The van der Waals surface area contributed by atoms with Gasteiger partial charge < -0.3 is 14.2 Å². The molecular weight excluding hydrogens is 392 g/mol. The van der Waals surface area contributed by atoms with Crippen molar-refractivity contribution >= 4 is 28.3 Å². The number of benzene rings is 1. The molecule has 0 spiro atoms. The van der Waals surface area contributed by atoms with Crippen molar-refractivity contribution in [1.29, 1.82) is 0 Å². The summed E-state index contributed by atoms with van der Waals surface area (Å²) >= 11 is 0. The van der Waals surface area contributed by atoms with E-state index in [0.29, 0.717) is 48.5 Å². The molecule has 1 amide bonds. The minimum Gasteiger partial charge on any atom is -0.385 e. The Kier molecular flexibility index (Phi) is 5.86. The maximum absolute atomic E-state index is 13.6. The molecule has 7 heteroatoms. The molecule has 0 radical (unpaired) electrons. The van der Waals surface area contributed by atoms with Gasteiger partial charge in [-0.15, -0.1) is 0 Å². The molecule has 7 nitrogen and oxygen atoms in total. The maximum atomic E-state index is 13.6. The summed E-state index contributed by atoms with van der Waals surface area (Å²) < 4.78 is 8.61. The molecule has 0 saturated carbocycles. The average Bonchev–Trinajstić information content (AvgIpc) is 3.15. The molecule has 4 aromatic rings. The van der Waals surface area contributed by atoms with Crippen LogP contribution >= 0.6 is 0 Å². The zero-order valence-corrected chi connectivity index (χ0v) is 18.0. The Bertz CT molecular complexity index is 1290. The average molecular weight is 418 g/mol. The maximum Gasteiger partial charge on any atom is 0.274 e. The molecule has 0 aliphatic carbocycles. The van der Waals surface area contributed by atoms with Crippen molar-refractivity contribution in [3.63, 3.8) is 0 Å².